The van der Waals surface area contributed by atoms with Crippen LogP contribution in [-0.2, 0) is 13.0 Å². The second kappa shape index (κ2) is 8.65. The summed E-state index contributed by atoms with van der Waals surface area (Å²) in [5.41, 5.74) is 3.42. The Morgan fingerprint density at radius 2 is 1.96 bits per heavy atom. The molecule has 3 aromatic rings. The molecule has 4 rings (SSSR count). The molecule has 2 N–H and O–H groups in total. The van der Waals surface area contributed by atoms with Gasteiger partial charge in [0.15, 0.2) is 17.5 Å². The zero-order valence-electron chi connectivity index (χ0n) is 16.0. The number of aromatic nitrogens is 2. The van der Waals surface area contributed by atoms with Gasteiger partial charge in [-0.2, -0.15) is 0 Å². The third-order valence-corrected chi connectivity index (χ3v) is 4.76. The zero-order chi connectivity index (χ0) is 19.2. The lowest BCUT2D eigenvalue weighted by atomic mass is 10.1. The molecule has 7 heteroatoms. The van der Waals surface area contributed by atoms with Gasteiger partial charge in [0.25, 0.3) is 0 Å². The van der Waals surface area contributed by atoms with Crippen LogP contribution in [0.3, 0.4) is 0 Å². The van der Waals surface area contributed by atoms with Crippen molar-refractivity contribution in [1.82, 2.24) is 20.2 Å². The van der Waals surface area contributed by atoms with E-state index < -0.39 is 0 Å². The lowest BCUT2D eigenvalue weighted by Crippen LogP contribution is -2.38. The first kappa shape index (κ1) is 18.2. The predicted octanol–water partition coefficient (Wildman–Crippen LogP) is 2.56. The number of aliphatic imine (C=N–C) groups is 1. The van der Waals surface area contributed by atoms with Crippen molar-refractivity contribution in [3.63, 3.8) is 0 Å². The SMILES string of the molecule is CN=C(NCCCn1cnc2ccccc21)NCCc1ccc2c(c1)OCO2. The van der Waals surface area contributed by atoms with Crippen molar-refractivity contribution in [2.24, 2.45) is 4.99 Å². The predicted molar refractivity (Wildman–Crippen MR) is 110 cm³/mol. The summed E-state index contributed by atoms with van der Waals surface area (Å²) in [6.45, 7) is 2.87. The lowest BCUT2D eigenvalue weighted by Gasteiger charge is -2.12. The number of guanidine groups is 1. The monoisotopic (exact) mass is 379 g/mol. The van der Waals surface area contributed by atoms with Crippen molar-refractivity contribution < 1.29 is 9.47 Å². The number of imidazole rings is 1. The van der Waals surface area contributed by atoms with Crippen LogP contribution in [-0.4, -0.2) is 42.4 Å². The second-order valence-electron chi connectivity index (χ2n) is 6.64. The largest absolute Gasteiger partial charge is 0.454 e. The van der Waals surface area contributed by atoms with Gasteiger partial charge in [-0.05, 0) is 42.7 Å². The highest BCUT2D eigenvalue weighted by atomic mass is 16.7. The Hall–Kier alpha value is -3.22. The number of hydrogen-bond acceptors (Lipinski definition) is 4. The number of fused-ring (bicyclic) bond motifs is 2. The third-order valence-electron chi connectivity index (χ3n) is 4.76. The van der Waals surface area contributed by atoms with Gasteiger partial charge in [-0.15, -0.1) is 0 Å². The quantitative estimate of drug-likeness (QED) is 0.375. The van der Waals surface area contributed by atoms with Crippen LogP contribution in [0.1, 0.15) is 12.0 Å². The number of hydrogen-bond donors (Lipinski definition) is 2. The van der Waals surface area contributed by atoms with Crippen LogP contribution in [0.2, 0.25) is 0 Å². The van der Waals surface area contributed by atoms with E-state index in [4.69, 9.17) is 9.47 Å². The van der Waals surface area contributed by atoms with Gasteiger partial charge in [0.2, 0.25) is 6.79 Å². The van der Waals surface area contributed by atoms with E-state index in [1.54, 1.807) is 7.05 Å². The molecule has 7 nitrogen and oxygen atoms in total. The van der Waals surface area contributed by atoms with E-state index in [-0.39, 0.29) is 0 Å². The van der Waals surface area contributed by atoms with E-state index >= 15 is 0 Å². The van der Waals surface area contributed by atoms with Gasteiger partial charge in [-0.3, -0.25) is 4.99 Å². The Balaban J connectivity index is 1.19. The first-order valence-electron chi connectivity index (χ1n) is 9.56. The third kappa shape index (κ3) is 4.19. The van der Waals surface area contributed by atoms with Gasteiger partial charge in [-0.25, -0.2) is 4.98 Å². The average molecular weight is 379 g/mol. The van der Waals surface area contributed by atoms with Gasteiger partial charge < -0.3 is 24.7 Å². The zero-order valence-corrected chi connectivity index (χ0v) is 16.0. The molecule has 0 unspecified atom stereocenters. The maximum absolute atomic E-state index is 5.43. The first-order valence-corrected chi connectivity index (χ1v) is 9.56. The minimum absolute atomic E-state index is 0.308. The molecule has 2 aromatic carbocycles. The van der Waals surface area contributed by atoms with Gasteiger partial charge in [0.1, 0.15) is 0 Å². The highest BCUT2D eigenvalue weighted by Crippen LogP contribution is 2.32. The van der Waals surface area contributed by atoms with Crippen LogP contribution < -0.4 is 20.1 Å². The summed E-state index contributed by atoms with van der Waals surface area (Å²) in [6.07, 6.45) is 3.78. The number of nitrogens with one attached hydrogen (secondary N) is 2. The van der Waals surface area contributed by atoms with Gasteiger partial charge in [-0.1, -0.05) is 18.2 Å². The van der Waals surface area contributed by atoms with Crippen molar-refractivity contribution in [1.29, 1.82) is 0 Å². The summed E-state index contributed by atoms with van der Waals surface area (Å²) in [5.74, 6) is 2.46. The minimum atomic E-state index is 0.308. The standard InChI is InChI=1S/C21H25N5O2/c1-22-21(24-11-9-16-7-8-19-20(13-16)28-15-27-19)23-10-4-12-26-14-25-17-5-2-3-6-18(17)26/h2-3,5-8,13-14H,4,9-12,15H2,1H3,(H2,22,23,24). The average Bonchev–Trinajstić information content (AvgIpc) is 3.36. The Morgan fingerprint density at radius 3 is 2.89 bits per heavy atom. The van der Waals surface area contributed by atoms with E-state index in [1.807, 2.05) is 36.7 Å². The molecule has 0 atom stereocenters. The van der Waals surface area contributed by atoms with Crippen molar-refractivity contribution >= 4 is 17.0 Å². The van der Waals surface area contributed by atoms with Crippen molar-refractivity contribution in [2.75, 3.05) is 26.9 Å². The molecule has 1 aliphatic rings. The normalized spacial score (nSPS) is 13.1. The minimum Gasteiger partial charge on any atom is -0.454 e. The molecule has 0 spiro atoms. The summed E-state index contributed by atoms with van der Waals surface area (Å²) in [7, 11) is 1.79. The van der Waals surface area contributed by atoms with Crippen molar-refractivity contribution in [2.45, 2.75) is 19.4 Å². The topological polar surface area (TPSA) is 72.7 Å². The molecule has 2 heterocycles. The molecule has 0 saturated heterocycles. The molecule has 0 aliphatic carbocycles. The number of para-hydroxylation sites is 2. The summed E-state index contributed by atoms with van der Waals surface area (Å²) in [5, 5.41) is 6.72. The van der Waals surface area contributed by atoms with Crippen LogP contribution in [0, 0.1) is 0 Å². The van der Waals surface area contributed by atoms with Gasteiger partial charge in [0, 0.05) is 26.7 Å². The van der Waals surface area contributed by atoms with Crippen molar-refractivity contribution in [3.05, 3.63) is 54.4 Å². The van der Waals surface area contributed by atoms with E-state index in [0.29, 0.717) is 6.79 Å². The lowest BCUT2D eigenvalue weighted by molar-refractivity contribution is 0.174. The Kier molecular flexibility index (Phi) is 5.61. The van der Waals surface area contributed by atoms with E-state index in [1.165, 1.54) is 11.1 Å². The highest BCUT2D eigenvalue weighted by molar-refractivity contribution is 5.79. The van der Waals surface area contributed by atoms with Crippen LogP contribution in [0.5, 0.6) is 11.5 Å². The Labute approximate surface area is 164 Å². The molecular formula is C21H25N5O2. The van der Waals surface area contributed by atoms with Gasteiger partial charge in [0.05, 0.1) is 17.4 Å². The molecule has 0 bridgehead atoms. The molecule has 0 saturated carbocycles. The number of rotatable bonds is 7. The fraction of sp³-hybridized carbons (Fsp3) is 0.333. The van der Waals surface area contributed by atoms with E-state index in [2.05, 4.69) is 37.3 Å². The van der Waals surface area contributed by atoms with E-state index in [9.17, 15) is 0 Å². The fourth-order valence-electron chi connectivity index (χ4n) is 3.29. The smallest absolute Gasteiger partial charge is 0.231 e. The number of nitrogens with zero attached hydrogens (tertiary/aromatic N) is 3. The highest BCUT2D eigenvalue weighted by Gasteiger charge is 2.12. The molecule has 146 valence electrons. The van der Waals surface area contributed by atoms with E-state index in [0.717, 1.165) is 55.5 Å². The summed E-state index contributed by atoms with van der Waals surface area (Å²) < 4.78 is 13.0. The molecule has 1 aliphatic heterocycles. The number of ether oxygens (including phenoxy) is 2. The summed E-state index contributed by atoms with van der Waals surface area (Å²) in [6, 6.07) is 14.3. The molecule has 1 aromatic heterocycles. The first-order chi connectivity index (χ1) is 13.8. The molecule has 0 fully saturated rings. The molecule has 0 amide bonds. The maximum atomic E-state index is 5.43. The number of aryl methyl sites for hydroxylation is 1. The van der Waals surface area contributed by atoms with Crippen LogP contribution >= 0.6 is 0 Å². The van der Waals surface area contributed by atoms with Crippen molar-refractivity contribution in [3.8, 4) is 11.5 Å². The maximum Gasteiger partial charge on any atom is 0.231 e. The van der Waals surface area contributed by atoms with Crippen LogP contribution in [0.25, 0.3) is 11.0 Å². The van der Waals surface area contributed by atoms with Gasteiger partial charge >= 0.3 is 0 Å². The summed E-state index contributed by atoms with van der Waals surface area (Å²) in [4.78, 5) is 8.72. The fourth-order valence-corrected chi connectivity index (χ4v) is 3.29. The molecular weight excluding hydrogens is 354 g/mol. The number of benzene rings is 2. The summed E-state index contributed by atoms with van der Waals surface area (Å²) >= 11 is 0. The Bertz CT molecular complexity index is 966. The Morgan fingerprint density at radius 1 is 1.11 bits per heavy atom. The second-order valence-corrected chi connectivity index (χ2v) is 6.64. The van der Waals surface area contributed by atoms with Crippen LogP contribution in [0.4, 0.5) is 0 Å². The van der Waals surface area contributed by atoms with Crippen LogP contribution in [0.15, 0.2) is 53.8 Å². The molecule has 0 radical (unpaired) electrons. The molecule has 28 heavy (non-hydrogen) atoms.